The fourth-order valence-corrected chi connectivity index (χ4v) is 2.36. The van der Waals surface area contributed by atoms with Gasteiger partial charge in [-0.3, -0.25) is 4.79 Å². The molecule has 1 amide bonds. The maximum absolute atomic E-state index is 13.1. The minimum absolute atomic E-state index is 0.0193. The predicted molar refractivity (Wildman–Crippen MR) is 81.1 cm³/mol. The third-order valence-electron chi connectivity index (χ3n) is 3.49. The second kappa shape index (κ2) is 8.69. The van der Waals surface area contributed by atoms with Gasteiger partial charge in [0.05, 0.1) is 0 Å². The highest BCUT2D eigenvalue weighted by Gasteiger charge is 2.10. The lowest BCUT2D eigenvalue weighted by Crippen LogP contribution is -2.15. The van der Waals surface area contributed by atoms with Gasteiger partial charge in [0.1, 0.15) is 5.82 Å². The Kier molecular flexibility index (Phi) is 7.23. The summed E-state index contributed by atoms with van der Waals surface area (Å²) in [5.74, 6) is 0.244. The summed E-state index contributed by atoms with van der Waals surface area (Å²) < 4.78 is 13.1. The zero-order valence-electron chi connectivity index (χ0n) is 12.4. The third kappa shape index (κ3) is 5.70. The molecule has 4 heteroatoms. The van der Waals surface area contributed by atoms with Crippen LogP contribution in [0.3, 0.4) is 0 Å². The molecule has 3 nitrogen and oxygen atoms in total. The van der Waals surface area contributed by atoms with Crippen molar-refractivity contribution in [3.05, 3.63) is 29.6 Å². The Bertz CT molecular complexity index is 428. The zero-order valence-corrected chi connectivity index (χ0v) is 12.4. The quantitative estimate of drug-likeness (QED) is 0.764. The SMILES string of the molecule is CCCC(CCN)CCC(=O)Nc1ccc(F)c(C)c1. The Morgan fingerprint density at radius 3 is 2.70 bits per heavy atom. The lowest BCUT2D eigenvalue weighted by molar-refractivity contribution is -0.116. The van der Waals surface area contributed by atoms with Crippen molar-refractivity contribution in [1.82, 2.24) is 0 Å². The molecular weight excluding hydrogens is 255 g/mol. The number of nitrogens with one attached hydrogen (secondary N) is 1. The number of carbonyl (C=O) groups is 1. The van der Waals surface area contributed by atoms with E-state index in [4.69, 9.17) is 5.73 Å². The second-order valence-electron chi connectivity index (χ2n) is 5.28. The van der Waals surface area contributed by atoms with Crippen molar-refractivity contribution in [3.63, 3.8) is 0 Å². The highest BCUT2D eigenvalue weighted by atomic mass is 19.1. The molecule has 112 valence electrons. The summed E-state index contributed by atoms with van der Waals surface area (Å²) in [7, 11) is 0. The standard InChI is InChI=1S/C16H25FN2O/c1-3-4-13(9-10-18)5-8-16(20)19-14-6-7-15(17)12(2)11-14/h6-7,11,13H,3-5,8-10,18H2,1-2H3,(H,19,20). The van der Waals surface area contributed by atoms with Crippen molar-refractivity contribution in [2.45, 2.75) is 46.0 Å². The molecule has 20 heavy (non-hydrogen) atoms. The van der Waals surface area contributed by atoms with Crippen LogP contribution in [0.4, 0.5) is 10.1 Å². The molecule has 0 aliphatic carbocycles. The molecule has 0 bridgehead atoms. The summed E-state index contributed by atoms with van der Waals surface area (Å²) in [5, 5.41) is 2.81. The largest absolute Gasteiger partial charge is 0.330 e. The van der Waals surface area contributed by atoms with Crippen LogP contribution in [0.5, 0.6) is 0 Å². The Hall–Kier alpha value is -1.42. The predicted octanol–water partition coefficient (Wildman–Crippen LogP) is 3.62. The summed E-state index contributed by atoms with van der Waals surface area (Å²) >= 11 is 0. The number of aryl methyl sites for hydroxylation is 1. The van der Waals surface area contributed by atoms with E-state index >= 15 is 0 Å². The monoisotopic (exact) mass is 280 g/mol. The first-order valence-corrected chi connectivity index (χ1v) is 7.32. The van der Waals surface area contributed by atoms with Crippen LogP contribution < -0.4 is 11.1 Å². The lowest BCUT2D eigenvalue weighted by atomic mass is 9.94. The van der Waals surface area contributed by atoms with Crippen LogP contribution in [-0.2, 0) is 4.79 Å². The molecule has 0 radical (unpaired) electrons. The van der Waals surface area contributed by atoms with Gasteiger partial charge in [-0.05, 0) is 56.0 Å². The van der Waals surface area contributed by atoms with Crippen molar-refractivity contribution in [3.8, 4) is 0 Å². The molecule has 1 rings (SSSR count). The van der Waals surface area contributed by atoms with E-state index in [9.17, 15) is 9.18 Å². The van der Waals surface area contributed by atoms with Crippen molar-refractivity contribution >= 4 is 11.6 Å². The molecule has 3 N–H and O–H groups in total. The van der Waals surface area contributed by atoms with E-state index in [0.717, 1.165) is 25.7 Å². The molecule has 0 aliphatic rings. The second-order valence-corrected chi connectivity index (χ2v) is 5.28. The zero-order chi connectivity index (χ0) is 15.0. The maximum atomic E-state index is 13.1. The van der Waals surface area contributed by atoms with Gasteiger partial charge in [0.25, 0.3) is 0 Å². The Labute approximate surface area is 120 Å². The lowest BCUT2D eigenvalue weighted by Gasteiger charge is -2.14. The number of amides is 1. The van der Waals surface area contributed by atoms with Crippen LogP contribution in [0.25, 0.3) is 0 Å². The van der Waals surface area contributed by atoms with Crippen LogP contribution in [0, 0.1) is 18.7 Å². The minimum atomic E-state index is -0.256. The van der Waals surface area contributed by atoms with Crippen molar-refractivity contribution < 1.29 is 9.18 Å². The number of rotatable bonds is 8. The number of carbonyl (C=O) groups excluding carboxylic acids is 1. The molecule has 1 unspecified atom stereocenters. The molecule has 1 atom stereocenters. The van der Waals surface area contributed by atoms with Gasteiger partial charge < -0.3 is 11.1 Å². The Balaban J connectivity index is 2.44. The van der Waals surface area contributed by atoms with E-state index in [0.29, 0.717) is 30.1 Å². The number of nitrogens with two attached hydrogens (primary N) is 1. The minimum Gasteiger partial charge on any atom is -0.330 e. The first-order valence-electron chi connectivity index (χ1n) is 7.32. The number of halogens is 1. The van der Waals surface area contributed by atoms with Crippen LogP contribution >= 0.6 is 0 Å². The van der Waals surface area contributed by atoms with E-state index in [1.165, 1.54) is 6.07 Å². The van der Waals surface area contributed by atoms with Crippen LogP contribution in [0.2, 0.25) is 0 Å². The number of hydrogen-bond acceptors (Lipinski definition) is 2. The molecule has 0 fully saturated rings. The normalized spacial score (nSPS) is 12.2. The fourth-order valence-electron chi connectivity index (χ4n) is 2.36. The molecule has 0 saturated heterocycles. The summed E-state index contributed by atoms with van der Waals surface area (Å²) in [6.45, 7) is 4.50. The van der Waals surface area contributed by atoms with Crippen molar-refractivity contribution in [2.75, 3.05) is 11.9 Å². The molecular formula is C16H25FN2O. The highest BCUT2D eigenvalue weighted by molar-refractivity contribution is 5.90. The van der Waals surface area contributed by atoms with Crippen LogP contribution in [0.15, 0.2) is 18.2 Å². The fraction of sp³-hybridized carbons (Fsp3) is 0.562. The topological polar surface area (TPSA) is 55.1 Å². The van der Waals surface area contributed by atoms with Gasteiger partial charge in [-0.15, -0.1) is 0 Å². The van der Waals surface area contributed by atoms with Crippen LogP contribution in [0.1, 0.15) is 44.6 Å². The molecule has 0 heterocycles. The molecule has 0 saturated carbocycles. The van der Waals surface area contributed by atoms with Gasteiger partial charge in [-0.2, -0.15) is 0 Å². The van der Waals surface area contributed by atoms with Gasteiger partial charge in [0.15, 0.2) is 0 Å². The van der Waals surface area contributed by atoms with Crippen molar-refractivity contribution in [1.29, 1.82) is 0 Å². The van der Waals surface area contributed by atoms with E-state index in [2.05, 4.69) is 12.2 Å². The van der Waals surface area contributed by atoms with E-state index in [1.54, 1.807) is 19.1 Å². The molecule has 1 aromatic rings. The van der Waals surface area contributed by atoms with E-state index in [1.807, 2.05) is 0 Å². The maximum Gasteiger partial charge on any atom is 0.224 e. The first kappa shape index (κ1) is 16.6. The van der Waals surface area contributed by atoms with Gasteiger partial charge in [0, 0.05) is 12.1 Å². The number of anilines is 1. The number of benzene rings is 1. The van der Waals surface area contributed by atoms with E-state index < -0.39 is 0 Å². The molecule has 0 spiro atoms. The average Bonchev–Trinajstić information content (AvgIpc) is 2.41. The van der Waals surface area contributed by atoms with Crippen LogP contribution in [-0.4, -0.2) is 12.5 Å². The Morgan fingerprint density at radius 2 is 2.10 bits per heavy atom. The summed E-state index contributed by atoms with van der Waals surface area (Å²) in [4.78, 5) is 11.9. The third-order valence-corrected chi connectivity index (χ3v) is 3.49. The van der Waals surface area contributed by atoms with E-state index in [-0.39, 0.29) is 11.7 Å². The Morgan fingerprint density at radius 1 is 1.35 bits per heavy atom. The van der Waals surface area contributed by atoms with Gasteiger partial charge in [0.2, 0.25) is 5.91 Å². The summed E-state index contributed by atoms with van der Waals surface area (Å²) in [6, 6.07) is 4.61. The van der Waals surface area contributed by atoms with Gasteiger partial charge in [-0.1, -0.05) is 19.8 Å². The number of hydrogen-bond donors (Lipinski definition) is 2. The smallest absolute Gasteiger partial charge is 0.224 e. The summed E-state index contributed by atoms with van der Waals surface area (Å²) in [6.07, 6.45) is 4.54. The van der Waals surface area contributed by atoms with Crippen molar-refractivity contribution in [2.24, 2.45) is 11.7 Å². The molecule has 0 aromatic heterocycles. The van der Waals surface area contributed by atoms with Gasteiger partial charge >= 0.3 is 0 Å². The molecule has 1 aromatic carbocycles. The summed E-state index contributed by atoms with van der Waals surface area (Å²) in [5.41, 5.74) is 6.77. The average molecular weight is 280 g/mol. The highest BCUT2D eigenvalue weighted by Crippen LogP contribution is 2.18. The first-order chi connectivity index (χ1) is 9.56. The van der Waals surface area contributed by atoms with Gasteiger partial charge in [-0.25, -0.2) is 4.39 Å². The molecule has 0 aliphatic heterocycles.